The molecule has 1 aromatic carbocycles. The first-order valence-corrected chi connectivity index (χ1v) is 7.88. The van der Waals surface area contributed by atoms with Crippen molar-refractivity contribution in [1.29, 1.82) is 0 Å². The van der Waals surface area contributed by atoms with Crippen molar-refractivity contribution in [3.05, 3.63) is 36.0 Å². The largest absolute Gasteiger partial charge is 0.378 e. The molecule has 7 nitrogen and oxygen atoms in total. The molecule has 2 heterocycles. The second kappa shape index (κ2) is 7.27. The summed E-state index contributed by atoms with van der Waals surface area (Å²) in [4.78, 5) is 25.2. The van der Waals surface area contributed by atoms with Gasteiger partial charge < -0.3 is 14.2 Å². The number of morpholine rings is 1. The molecule has 0 bridgehead atoms. The van der Waals surface area contributed by atoms with Gasteiger partial charge in [0.25, 0.3) is 0 Å². The second-order valence-electron chi connectivity index (χ2n) is 5.65. The van der Waals surface area contributed by atoms with Gasteiger partial charge in [-0.3, -0.25) is 9.59 Å². The number of hydrogen-bond donors (Lipinski definition) is 1. The van der Waals surface area contributed by atoms with Crippen molar-refractivity contribution in [2.24, 2.45) is 5.10 Å². The SMILES string of the molecule is CC(=O)N/N=C/c1cn(CC(=O)N2CCOCC2)c2ccccc12. The quantitative estimate of drug-likeness (QED) is 0.671. The van der Waals surface area contributed by atoms with Crippen LogP contribution in [-0.2, 0) is 20.9 Å². The van der Waals surface area contributed by atoms with Crippen LogP contribution in [0.5, 0.6) is 0 Å². The smallest absolute Gasteiger partial charge is 0.242 e. The van der Waals surface area contributed by atoms with E-state index in [2.05, 4.69) is 10.5 Å². The van der Waals surface area contributed by atoms with Crippen LogP contribution in [0.2, 0.25) is 0 Å². The van der Waals surface area contributed by atoms with E-state index in [1.165, 1.54) is 6.92 Å². The molecule has 24 heavy (non-hydrogen) atoms. The van der Waals surface area contributed by atoms with Crippen LogP contribution in [0.25, 0.3) is 10.9 Å². The van der Waals surface area contributed by atoms with E-state index in [-0.39, 0.29) is 18.4 Å². The first kappa shape index (κ1) is 16.2. The molecular weight excluding hydrogens is 308 g/mol. The third kappa shape index (κ3) is 3.62. The fourth-order valence-electron chi connectivity index (χ4n) is 2.76. The van der Waals surface area contributed by atoms with Crippen LogP contribution in [0.3, 0.4) is 0 Å². The topological polar surface area (TPSA) is 75.9 Å². The monoisotopic (exact) mass is 328 g/mol. The Kier molecular flexibility index (Phi) is 4.90. The average molecular weight is 328 g/mol. The van der Waals surface area contributed by atoms with Gasteiger partial charge in [0.1, 0.15) is 6.54 Å². The molecule has 1 aromatic heterocycles. The van der Waals surface area contributed by atoms with E-state index in [9.17, 15) is 9.59 Å². The van der Waals surface area contributed by atoms with Crippen LogP contribution in [0.15, 0.2) is 35.6 Å². The van der Waals surface area contributed by atoms with Crippen LogP contribution >= 0.6 is 0 Å². The van der Waals surface area contributed by atoms with Crippen LogP contribution < -0.4 is 5.43 Å². The highest BCUT2D eigenvalue weighted by Crippen LogP contribution is 2.20. The summed E-state index contributed by atoms with van der Waals surface area (Å²) in [5, 5.41) is 4.91. The molecule has 0 aliphatic carbocycles. The van der Waals surface area contributed by atoms with Gasteiger partial charge in [-0.1, -0.05) is 18.2 Å². The van der Waals surface area contributed by atoms with Gasteiger partial charge in [0.15, 0.2) is 0 Å². The van der Waals surface area contributed by atoms with E-state index >= 15 is 0 Å². The lowest BCUT2D eigenvalue weighted by Crippen LogP contribution is -2.42. The summed E-state index contributed by atoms with van der Waals surface area (Å²) in [5.41, 5.74) is 4.21. The van der Waals surface area contributed by atoms with Gasteiger partial charge in [0.2, 0.25) is 11.8 Å². The lowest BCUT2D eigenvalue weighted by Gasteiger charge is -2.27. The minimum absolute atomic E-state index is 0.0735. The third-order valence-electron chi connectivity index (χ3n) is 3.91. The summed E-state index contributed by atoms with van der Waals surface area (Å²) in [7, 11) is 0. The first-order valence-electron chi connectivity index (χ1n) is 7.88. The Labute approximate surface area is 139 Å². The highest BCUT2D eigenvalue weighted by Gasteiger charge is 2.18. The number of aromatic nitrogens is 1. The fraction of sp³-hybridized carbons (Fsp3) is 0.353. The number of carbonyl (C=O) groups excluding carboxylic acids is 2. The lowest BCUT2D eigenvalue weighted by atomic mass is 10.2. The molecule has 1 aliphatic rings. The highest BCUT2D eigenvalue weighted by molar-refractivity contribution is 6.00. The Bertz CT molecular complexity index is 775. The number of para-hydroxylation sites is 1. The molecule has 2 aromatic rings. The third-order valence-corrected chi connectivity index (χ3v) is 3.91. The van der Waals surface area contributed by atoms with Gasteiger partial charge >= 0.3 is 0 Å². The number of nitrogens with one attached hydrogen (secondary N) is 1. The van der Waals surface area contributed by atoms with Crippen molar-refractivity contribution < 1.29 is 14.3 Å². The summed E-state index contributed by atoms with van der Waals surface area (Å²) < 4.78 is 7.20. The van der Waals surface area contributed by atoms with E-state index in [0.29, 0.717) is 26.3 Å². The number of amides is 2. The van der Waals surface area contributed by atoms with Crippen molar-refractivity contribution in [3.8, 4) is 0 Å². The Hall–Kier alpha value is -2.67. The first-order chi connectivity index (χ1) is 11.6. The van der Waals surface area contributed by atoms with E-state index in [1.54, 1.807) is 6.21 Å². The van der Waals surface area contributed by atoms with Gasteiger partial charge in [-0.25, -0.2) is 5.43 Å². The molecule has 1 N–H and O–H groups in total. The van der Waals surface area contributed by atoms with Gasteiger partial charge in [0, 0.05) is 42.7 Å². The summed E-state index contributed by atoms with van der Waals surface area (Å²) >= 11 is 0. The molecule has 3 rings (SSSR count). The predicted molar refractivity (Wildman–Crippen MR) is 90.7 cm³/mol. The number of nitrogens with zero attached hydrogens (tertiary/aromatic N) is 3. The molecule has 0 saturated carbocycles. The van der Waals surface area contributed by atoms with Crippen LogP contribution in [0.4, 0.5) is 0 Å². The number of benzene rings is 1. The fourth-order valence-corrected chi connectivity index (χ4v) is 2.76. The van der Waals surface area contributed by atoms with Crippen LogP contribution in [0.1, 0.15) is 12.5 Å². The maximum Gasteiger partial charge on any atom is 0.242 e. The summed E-state index contributed by atoms with van der Waals surface area (Å²) in [6.07, 6.45) is 3.48. The van der Waals surface area contributed by atoms with Crippen molar-refractivity contribution >= 4 is 28.9 Å². The van der Waals surface area contributed by atoms with Gasteiger partial charge in [-0.05, 0) is 6.07 Å². The standard InChI is InChI=1S/C17H20N4O3/c1-13(22)19-18-10-14-11-21(16-5-3-2-4-15(14)16)12-17(23)20-6-8-24-9-7-20/h2-5,10-11H,6-9,12H2,1H3,(H,19,22)/b18-10+. The number of carbonyl (C=O) groups is 2. The minimum atomic E-state index is -0.225. The molecule has 0 atom stereocenters. The van der Waals surface area contributed by atoms with E-state index in [1.807, 2.05) is 39.9 Å². The minimum Gasteiger partial charge on any atom is -0.378 e. The zero-order chi connectivity index (χ0) is 16.9. The Balaban J connectivity index is 1.83. The molecule has 0 spiro atoms. The van der Waals surface area contributed by atoms with Crippen molar-refractivity contribution in [2.75, 3.05) is 26.3 Å². The number of rotatable bonds is 4. The number of hydrazone groups is 1. The van der Waals surface area contributed by atoms with Gasteiger partial charge in [-0.15, -0.1) is 0 Å². The molecule has 1 fully saturated rings. The number of ether oxygens (including phenoxy) is 1. The molecule has 2 amide bonds. The van der Waals surface area contributed by atoms with E-state index in [0.717, 1.165) is 16.5 Å². The highest BCUT2D eigenvalue weighted by atomic mass is 16.5. The lowest BCUT2D eigenvalue weighted by molar-refractivity contribution is -0.135. The van der Waals surface area contributed by atoms with Gasteiger partial charge in [0.05, 0.1) is 19.4 Å². The summed E-state index contributed by atoms with van der Waals surface area (Å²) in [6.45, 7) is 4.12. The maximum absolute atomic E-state index is 12.5. The molecule has 0 radical (unpaired) electrons. The zero-order valence-corrected chi connectivity index (χ0v) is 13.6. The summed E-state index contributed by atoms with van der Waals surface area (Å²) in [5.74, 6) is -0.151. The predicted octanol–water partition coefficient (Wildman–Crippen LogP) is 0.970. The van der Waals surface area contributed by atoms with Crippen LogP contribution in [0, 0.1) is 0 Å². The molecule has 1 aliphatic heterocycles. The molecule has 7 heteroatoms. The Morgan fingerprint density at radius 1 is 1.29 bits per heavy atom. The molecule has 1 saturated heterocycles. The number of hydrogen-bond acceptors (Lipinski definition) is 4. The molecular formula is C17H20N4O3. The molecule has 0 unspecified atom stereocenters. The second-order valence-corrected chi connectivity index (χ2v) is 5.65. The zero-order valence-electron chi connectivity index (χ0n) is 13.6. The van der Waals surface area contributed by atoms with Crippen molar-refractivity contribution in [3.63, 3.8) is 0 Å². The van der Waals surface area contributed by atoms with Gasteiger partial charge in [-0.2, -0.15) is 5.10 Å². The van der Waals surface area contributed by atoms with Crippen LogP contribution in [-0.4, -0.2) is 53.8 Å². The van der Waals surface area contributed by atoms with Crippen molar-refractivity contribution in [1.82, 2.24) is 14.9 Å². The number of fused-ring (bicyclic) bond motifs is 1. The Morgan fingerprint density at radius 3 is 2.79 bits per heavy atom. The van der Waals surface area contributed by atoms with E-state index in [4.69, 9.17) is 4.74 Å². The normalized spacial score (nSPS) is 15.1. The summed E-state index contributed by atoms with van der Waals surface area (Å²) in [6, 6.07) is 7.82. The van der Waals surface area contributed by atoms with E-state index < -0.39 is 0 Å². The molecule has 126 valence electrons. The average Bonchev–Trinajstić information content (AvgIpc) is 2.93. The Morgan fingerprint density at radius 2 is 2.04 bits per heavy atom. The van der Waals surface area contributed by atoms with Crippen molar-refractivity contribution in [2.45, 2.75) is 13.5 Å². The maximum atomic E-state index is 12.5.